The second-order valence-corrected chi connectivity index (χ2v) is 5.80. The molecule has 2 N–H and O–H groups in total. The van der Waals surface area contributed by atoms with E-state index < -0.39 is 18.5 Å². The van der Waals surface area contributed by atoms with Gasteiger partial charge in [0.25, 0.3) is 5.91 Å². The van der Waals surface area contributed by atoms with Crippen molar-refractivity contribution in [1.82, 2.24) is 5.32 Å². The molecule has 2 rings (SSSR count). The number of nitrogens with one attached hydrogen (secondary N) is 2. The highest BCUT2D eigenvalue weighted by Gasteiger charge is 2.11. The molecule has 0 aliphatic heterocycles. The molecule has 0 fully saturated rings. The molecule has 28 heavy (non-hydrogen) atoms. The SMILES string of the molecule is COc1ccc(CNC(=O)COC(=O)c2ccc(NC(C)=O)cc2)cc1OC. The van der Waals surface area contributed by atoms with Crippen LogP contribution in [-0.2, 0) is 20.9 Å². The molecule has 0 saturated carbocycles. The minimum atomic E-state index is -0.629. The Morgan fingerprint density at radius 2 is 1.61 bits per heavy atom. The number of ether oxygens (including phenoxy) is 3. The topological polar surface area (TPSA) is 103 Å². The maximum Gasteiger partial charge on any atom is 0.338 e. The van der Waals surface area contributed by atoms with Gasteiger partial charge in [-0.2, -0.15) is 0 Å². The van der Waals surface area contributed by atoms with E-state index in [1.807, 2.05) is 0 Å². The van der Waals surface area contributed by atoms with E-state index in [9.17, 15) is 14.4 Å². The Labute approximate surface area is 162 Å². The van der Waals surface area contributed by atoms with Crippen LogP contribution in [-0.4, -0.2) is 38.6 Å². The van der Waals surface area contributed by atoms with E-state index in [0.717, 1.165) is 5.56 Å². The normalized spacial score (nSPS) is 9.96. The average Bonchev–Trinajstić information content (AvgIpc) is 2.70. The van der Waals surface area contributed by atoms with Gasteiger partial charge in [-0.05, 0) is 42.0 Å². The molecule has 148 valence electrons. The molecule has 8 nitrogen and oxygen atoms in total. The molecular formula is C20H22N2O6. The van der Waals surface area contributed by atoms with Crippen molar-refractivity contribution < 1.29 is 28.6 Å². The smallest absolute Gasteiger partial charge is 0.338 e. The Balaban J connectivity index is 1.82. The molecule has 0 heterocycles. The second-order valence-electron chi connectivity index (χ2n) is 5.80. The maximum atomic E-state index is 12.0. The first-order chi connectivity index (χ1) is 13.4. The summed E-state index contributed by atoms with van der Waals surface area (Å²) < 4.78 is 15.4. The Kier molecular flexibility index (Phi) is 7.38. The fourth-order valence-corrected chi connectivity index (χ4v) is 2.35. The van der Waals surface area contributed by atoms with Crippen molar-refractivity contribution in [2.24, 2.45) is 0 Å². The summed E-state index contributed by atoms with van der Waals surface area (Å²) in [5, 5.41) is 5.26. The second kappa shape index (κ2) is 9.96. The van der Waals surface area contributed by atoms with Gasteiger partial charge in [0, 0.05) is 19.2 Å². The number of hydrogen-bond donors (Lipinski definition) is 2. The Hall–Kier alpha value is -3.55. The number of amides is 2. The third-order valence-electron chi connectivity index (χ3n) is 3.71. The van der Waals surface area contributed by atoms with E-state index in [2.05, 4.69) is 10.6 Å². The Morgan fingerprint density at radius 1 is 0.929 bits per heavy atom. The van der Waals surface area contributed by atoms with E-state index in [1.165, 1.54) is 26.2 Å². The van der Waals surface area contributed by atoms with Crippen LogP contribution in [0.1, 0.15) is 22.8 Å². The fourth-order valence-electron chi connectivity index (χ4n) is 2.35. The molecule has 0 unspecified atom stereocenters. The first-order valence-corrected chi connectivity index (χ1v) is 8.45. The highest BCUT2D eigenvalue weighted by Crippen LogP contribution is 2.27. The summed E-state index contributed by atoms with van der Waals surface area (Å²) in [6.45, 7) is 1.24. The Bertz CT molecular complexity index is 848. The number of anilines is 1. The zero-order chi connectivity index (χ0) is 20.5. The van der Waals surface area contributed by atoms with E-state index in [1.54, 1.807) is 37.4 Å². The van der Waals surface area contributed by atoms with Gasteiger partial charge in [0.2, 0.25) is 5.91 Å². The molecule has 0 aliphatic rings. The predicted molar refractivity (Wildman–Crippen MR) is 102 cm³/mol. The number of carbonyl (C=O) groups is 3. The predicted octanol–water partition coefficient (Wildman–Crippen LogP) is 2.14. The largest absolute Gasteiger partial charge is 0.493 e. The molecule has 0 bridgehead atoms. The van der Waals surface area contributed by atoms with Crippen LogP contribution < -0.4 is 20.1 Å². The number of hydrogen-bond acceptors (Lipinski definition) is 6. The lowest BCUT2D eigenvalue weighted by atomic mass is 10.2. The van der Waals surface area contributed by atoms with Crippen LogP contribution >= 0.6 is 0 Å². The Morgan fingerprint density at radius 3 is 2.21 bits per heavy atom. The van der Waals surface area contributed by atoms with Gasteiger partial charge in [0.15, 0.2) is 18.1 Å². The van der Waals surface area contributed by atoms with Crippen molar-refractivity contribution in [3.05, 3.63) is 53.6 Å². The first kappa shape index (κ1) is 20.8. The molecule has 0 aromatic heterocycles. The molecule has 0 atom stereocenters. The van der Waals surface area contributed by atoms with E-state index in [0.29, 0.717) is 17.2 Å². The van der Waals surface area contributed by atoms with Crippen molar-refractivity contribution in [2.45, 2.75) is 13.5 Å². The number of carbonyl (C=O) groups excluding carboxylic acids is 3. The van der Waals surface area contributed by atoms with E-state index >= 15 is 0 Å². The number of rotatable bonds is 8. The van der Waals surface area contributed by atoms with E-state index in [4.69, 9.17) is 14.2 Å². The molecule has 0 spiro atoms. The molecule has 2 aromatic carbocycles. The van der Waals surface area contributed by atoms with Gasteiger partial charge in [0.05, 0.1) is 19.8 Å². The van der Waals surface area contributed by atoms with E-state index in [-0.39, 0.29) is 18.0 Å². The van der Waals surface area contributed by atoms with Gasteiger partial charge in [-0.1, -0.05) is 6.07 Å². The fraction of sp³-hybridized carbons (Fsp3) is 0.250. The summed E-state index contributed by atoms with van der Waals surface area (Å²) in [5.41, 5.74) is 1.66. The third kappa shape index (κ3) is 6.01. The first-order valence-electron chi connectivity index (χ1n) is 8.45. The summed E-state index contributed by atoms with van der Waals surface area (Å²) in [6.07, 6.45) is 0. The summed E-state index contributed by atoms with van der Waals surface area (Å²) in [5.74, 6) is -0.116. The molecule has 0 saturated heterocycles. The number of benzene rings is 2. The van der Waals surface area contributed by atoms with Crippen molar-refractivity contribution in [3.63, 3.8) is 0 Å². The van der Waals surface area contributed by atoms with Gasteiger partial charge in [-0.15, -0.1) is 0 Å². The quantitative estimate of drug-likeness (QED) is 0.674. The zero-order valence-electron chi connectivity index (χ0n) is 15.9. The minimum absolute atomic E-state index is 0.207. The van der Waals surface area contributed by atoms with Crippen molar-refractivity contribution >= 4 is 23.5 Å². The molecule has 0 aliphatic carbocycles. The van der Waals surface area contributed by atoms with Crippen LogP contribution in [0.15, 0.2) is 42.5 Å². The van der Waals surface area contributed by atoms with Crippen LogP contribution in [0.3, 0.4) is 0 Å². The zero-order valence-corrected chi connectivity index (χ0v) is 15.9. The average molecular weight is 386 g/mol. The molecular weight excluding hydrogens is 364 g/mol. The molecule has 2 aromatic rings. The summed E-state index contributed by atoms with van der Waals surface area (Å²) in [7, 11) is 3.07. The van der Waals surface area contributed by atoms with Crippen LogP contribution in [0.4, 0.5) is 5.69 Å². The lowest BCUT2D eigenvalue weighted by Gasteiger charge is -2.10. The highest BCUT2D eigenvalue weighted by atomic mass is 16.5. The molecule has 8 heteroatoms. The van der Waals surface area contributed by atoms with Gasteiger partial charge in [0.1, 0.15) is 0 Å². The van der Waals surface area contributed by atoms with Crippen molar-refractivity contribution in [1.29, 1.82) is 0 Å². The number of methoxy groups -OCH3 is 2. The molecule has 0 radical (unpaired) electrons. The monoisotopic (exact) mass is 386 g/mol. The number of esters is 1. The summed E-state index contributed by atoms with van der Waals surface area (Å²) in [4.78, 5) is 34.9. The standard InChI is InChI=1S/C20H22N2O6/c1-13(23)22-16-7-5-15(6-8-16)20(25)28-12-19(24)21-11-14-4-9-17(26-2)18(10-14)27-3/h4-10H,11-12H2,1-3H3,(H,21,24)(H,22,23). The van der Waals surface area contributed by atoms with Gasteiger partial charge < -0.3 is 24.8 Å². The summed E-state index contributed by atoms with van der Waals surface area (Å²) in [6, 6.07) is 11.5. The highest BCUT2D eigenvalue weighted by molar-refractivity contribution is 5.93. The molecule has 2 amide bonds. The van der Waals surface area contributed by atoms with Gasteiger partial charge >= 0.3 is 5.97 Å². The van der Waals surface area contributed by atoms with Gasteiger partial charge in [-0.25, -0.2) is 4.79 Å². The van der Waals surface area contributed by atoms with Crippen LogP contribution in [0.25, 0.3) is 0 Å². The van der Waals surface area contributed by atoms with Gasteiger partial charge in [-0.3, -0.25) is 9.59 Å². The van der Waals surface area contributed by atoms with Crippen LogP contribution in [0.5, 0.6) is 11.5 Å². The van der Waals surface area contributed by atoms with Crippen LogP contribution in [0.2, 0.25) is 0 Å². The summed E-state index contributed by atoms with van der Waals surface area (Å²) >= 11 is 0. The lowest BCUT2D eigenvalue weighted by Crippen LogP contribution is -2.28. The maximum absolute atomic E-state index is 12.0. The van der Waals surface area contributed by atoms with Crippen molar-refractivity contribution in [2.75, 3.05) is 26.1 Å². The minimum Gasteiger partial charge on any atom is -0.493 e. The van der Waals surface area contributed by atoms with Crippen LogP contribution in [0, 0.1) is 0 Å². The lowest BCUT2D eigenvalue weighted by molar-refractivity contribution is -0.124. The van der Waals surface area contributed by atoms with Crippen molar-refractivity contribution in [3.8, 4) is 11.5 Å². The third-order valence-corrected chi connectivity index (χ3v) is 3.71.